The summed E-state index contributed by atoms with van der Waals surface area (Å²) in [6.45, 7) is 2.61. The second kappa shape index (κ2) is 8.76. The fraction of sp³-hybridized carbons (Fsp3) is 0.158. The lowest BCUT2D eigenvalue weighted by Gasteiger charge is -2.02. The van der Waals surface area contributed by atoms with E-state index < -0.39 is 11.5 Å². The molecule has 3 aromatic rings. The summed E-state index contributed by atoms with van der Waals surface area (Å²) in [6, 6.07) is 12.8. The van der Waals surface area contributed by atoms with Gasteiger partial charge in [0.15, 0.2) is 0 Å². The molecule has 0 fully saturated rings. The van der Waals surface area contributed by atoms with Crippen molar-refractivity contribution in [3.63, 3.8) is 0 Å². The second-order valence-electron chi connectivity index (χ2n) is 5.73. The molecule has 0 aliphatic heterocycles. The maximum atomic E-state index is 12.9. The first-order valence-electron chi connectivity index (χ1n) is 8.54. The van der Waals surface area contributed by atoms with Crippen LogP contribution in [-0.2, 0) is 6.54 Å². The molecule has 28 heavy (non-hydrogen) atoms. The fourth-order valence-electron chi connectivity index (χ4n) is 2.33. The van der Waals surface area contributed by atoms with Crippen molar-refractivity contribution in [1.82, 2.24) is 20.4 Å². The van der Waals surface area contributed by atoms with Crippen molar-refractivity contribution >= 4 is 12.1 Å². The molecule has 0 spiro atoms. The summed E-state index contributed by atoms with van der Waals surface area (Å²) in [5, 5.41) is 12.6. The van der Waals surface area contributed by atoms with Gasteiger partial charge in [0.25, 0.3) is 5.91 Å². The molecule has 0 atom stereocenters. The lowest BCUT2D eigenvalue weighted by atomic mass is 10.2. The molecule has 2 N–H and O–H groups in total. The number of H-pyrrole nitrogens is 1. The third-order valence-corrected chi connectivity index (χ3v) is 3.75. The topological polar surface area (TPSA) is 101 Å². The first-order chi connectivity index (χ1) is 13.6. The van der Waals surface area contributed by atoms with Crippen LogP contribution in [0.5, 0.6) is 5.75 Å². The van der Waals surface area contributed by atoms with Crippen LogP contribution in [0.15, 0.2) is 58.4 Å². The standard InChI is InChI=1S/C19H18FN5O3/c1-2-28-16-9-5-14(6-10-16)12-22-25-19(27)17(23-24-25)18(26)21-11-13-3-7-15(20)8-4-13/h3-10,12,24H,2,11H2,1H3,(H,21,26). The molecular weight excluding hydrogens is 365 g/mol. The lowest BCUT2D eigenvalue weighted by molar-refractivity contribution is 0.0944. The van der Waals surface area contributed by atoms with Crippen molar-refractivity contribution in [3.8, 4) is 5.75 Å². The minimum atomic E-state index is -0.682. The molecule has 0 aliphatic carbocycles. The van der Waals surface area contributed by atoms with E-state index in [4.69, 9.17) is 4.74 Å². The predicted octanol–water partition coefficient (Wildman–Crippen LogP) is 1.92. The number of benzene rings is 2. The molecule has 0 radical (unpaired) electrons. The molecule has 9 heteroatoms. The van der Waals surface area contributed by atoms with Gasteiger partial charge >= 0.3 is 5.56 Å². The predicted molar refractivity (Wildman–Crippen MR) is 101 cm³/mol. The van der Waals surface area contributed by atoms with Gasteiger partial charge in [0, 0.05) is 6.54 Å². The van der Waals surface area contributed by atoms with E-state index in [9.17, 15) is 14.0 Å². The molecule has 0 saturated heterocycles. The summed E-state index contributed by atoms with van der Waals surface area (Å²) >= 11 is 0. The SMILES string of the molecule is CCOc1ccc(C=Nn2[nH]nc(C(=O)NCc3ccc(F)cc3)c2=O)cc1. The Balaban J connectivity index is 1.64. The normalized spacial score (nSPS) is 10.9. The van der Waals surface area contributed by atoms with Crippen LogP contribution in [0, 0.1) is 5.82 Å². The highest BCUT2D eigenvalue weighted by Crippen LogP contribution is 2.10. The molecule has 144 valence electrons. The Hall–Kier alpha value is -3.75. The van der Waals surface area contributed by atoms with Gasteiger partial charge in [-0.3, -0.25) is 9.59 Å². The number of nitrogens with zero attached hydrogens (tertiary/aromatic N) is 3. The highest BCUT2D eigenvalue weighted by Gasteiger charge is 2.16. The van der Waals surface area contributed by atoms with E-state index in [0.29, 0.717) is 12.2 Å². The number of hydrogen-bond donors (Lipinski definition) is 2. The monoisotopic (exact) mass is 383 g/mol. The van der Waals surface area contributed by atoms with Crippen LogP contribution in [0.1, 0.15) is 28.5 Å². The molecule has 2 aromatic carbocycles. The maximum Gasteiger partial charge on any atom is 0.320 e. The van der Waals surface area contributed by atoms with Gasteiger partial charge in [-0.25, -0.2) is 4.39 Å². The number of carbonyl (C=O) groups excluding carboxylic acids is 1. The van der Waals surface area contributed by atoms with Gasteiger partial charge in [0.2, 0.25) is 5.69 Å². The van der Waals surface area contributed by atoms with Crippen molar-refractivity contribution in [2.24, 2.45) is 5.10 Å². The third-order valence-electron chi connectivity index (χ3n) is 3.75. The van der Waals surface area contributed by atoms with E-state index in [2.05, 4.69) is 20.7 Å². The van der Waals surface area contributed by atoms with E-state index >= 15 is 0 Å². The van der Waals surface area contributed by atoms with E-state index in [-0.39, 0.29) is 18.1 Å². The van der Waals surface area contributed by atoms with Crippen LogP contribution < -0.4 is 15.6 Å². The Labute approximate surface area is 159 Å². The average Bonchev–Trinajstić information content (AvgIpc) is 3.07. The molecule has 0 aliphatic rings. The number of amides is 1. The number of carbonyl (C=O) groups is 1. The molecular formula is C19H18FN5O3. The third kappa shape index (κ3) is 4.70. The summed E-state index contributed by atoms with van der Waals surface area (Å²) in [7, 11) is 0. The average molecular weight is 383 g/mol. The Morgan fingerprint density at radius 1 is 1.25 bits per heavy atom. The molecule has 8 nitrogen and oxygen atoms in total. The summed E-state index contributed by atoms with van der Waals surface area (Å²) in [4.78, 5) is 25.3. The lowest BCUT2D eigenvalue weighted by Crippen LogP contribution is -2.29. The van der Waals surface area contributed by atoms with E-state index in [0.717, 1.165) is 16.1 Å². The van der Waals surface area contributed by atoms with Gasteiger partial charge in [0.1, 0.15) is 11.6 Å². The van der Waals surface area contributed by atoms with Crippen molar-refractivity contribution in [2.45, 2.75) is 13.5 Å². The van der Waals surface area contributed by atoms with Crippen molar-refractivity contribution < 1.29 is 13.9 Å². The van der Waals surface area contributed by atoms with Crippen LogP contribution in [-0.4, -0.2) is 33.8 Å². The first kappa shape index (κ1) is 19.0. The van der Waals surface area contributed by atoms with Crippen LogP contribution in [0.25, 0.3) is 0 Å². The summed E-state index contributed by atoms with van der Waals surface area (Å²) in [6.07, 6.45) is 1.45. The van der Waals surface area contributed by atoms with E-state index in [1.54, 1.807) is 36.4 Å². The van der Waals surface area contributed by atoms with Gasteiger partial charge in [-0.1, -0.05) is 12.1 Å². The first-order valence-corrected chi connectivity index (χ1v) is 8.54. The Bertz CT molecular complexity index is 1020. The van der Waals surface area contributed by atoms with Gasteiger partial charge in [0.05, 0.1) is 12.8 Å². The minimum Gasteiger partial charge on any atom is -0.494 e. The number of aromatic amines is 1. The molecule has 1 amide bonds. The number of rotatable bonds is 7. The zero-order valence-corrected chi connectivity index (χ0v) is 15.1. The maximum absolute atomic E-state index is 12.9. The quantitative estimate of drug-likeness (QED) is 0.609. The molecule has 1 heterocycles. The van der Waals surface area contributed by atoms with Gasteiger partial charge < -0.3 is 10.1 Å². The zero-order valence-electron chi connectivity index (χ0n) is 15.1. The molecule has 1 aromatic heterocycles. The van der Waals surface area contributed by atoms with Crippen molar-refractivity contribution in [1.29, 1.82) is 0 Å². The number of aromatic nitrogens is 3. The van der Waals surface area contributed by atoms with Crippen molar-refractivity contribution in [2.75, 3.05) is 6.61 Å². The van der Waals surface area contributed by atoms with Gasteiger partial charge in [-0.05, 0) is 54.4 Å². The molecule has 0 unspecified atom stereocenters. The van der Waals surface area contributed by atoms with Crippen LogP contribution in [0.2, 0.25) is 0 Å². The van der Waals surface area contributed by atoms with Crippen molar-refractivity contribution in [3.05, 3.63) is 81.5 Å². The number of nitrogens with one attached hydrogen (secondary N) is 2. The summed E-state index contributed by atoms with van der Waals surface area (Å²) < 4.78 is 18.2. The molecule has 3 rings (SSSR count). The summed E-state index contributed by atoms with van der Waals surface area (Å²) in [5.41, 5.74) is 0.441. The number of hydrogen-bond acceptors (Lipinski definition) is 5. The largest absolute Gasteiger partial charge is 0.494 e. The van der Waals surface area contributed by atoms with Crippen LogP contribution in [0.3, 0.4) is 0 Å². The highest BCUT2D eigenvalue weighted by molar-refractivity contribution is 5.91. The molecule has 0 saturated carbocycles. The van der Waals surface area contributed by atoms with E-state index in [1.807, 2.05) is 6.92 Å². The number of ether oxygens (including phenoxy) is 1. The molecule has 0 bridgehead atoms. The Morgan fingerprint density at radius 3 is 2.64 bits per heavy atom. The second-order valence-corrected chi connectivity index (χ2v) is 5.73. The zero-order chi connectivity index (χ0) is 19.9. The van der Waals surface area contributed by atoms with Crippen LogP contribution >= 0.6 is 0 Å². The fourth-order valence-corrected chi connectivity index (χ4v) is 2.33. The van der Waals surface area contributed by atoms with Gasteiger partial charge in [-0.2, -0.15) is 10.3 Å². The Morgan fingerprint density at radius 2 is 1.96 bits per heavy atom. The Kier molecular flexibility index (Phi) is 5.95. The highest BCUT2D eigenvalue weighted by atomic mass is 19.1. The summed E-state index contributed by atoms with van der Waals surface area (Å²) in [5.74, 6) is -0.283. The minimum absolute atomic E-state index is 0.140. The smallest absolute Gasteiger partial charge is 0.320 e. The van der Waals surface area contributed by atoms with E-state index in [1.165, 1.54) is 18.3 Å². The van der Waals surface area contributed by atoms with Gasteiger partial charge in [-0.15, -0.1) is 9.89 Å². The number of halogens is 1. The van der Waals surface area contributed by atoms with Crippen LogP contribution in [0.4, 0.5) is 4.39 Å².